The number of hydrogen-bond donors (Lipinski definition) is 3. The Hall–Kier alpha value is -0.900. The topological polar surface area (TPSA) is 68.5 Å². The van der Waals surface area contributed by atoms with E-state index in [0.29, 0.717) is 24.4 Å². The summed E-state index contributed by atoms with van der Waals surface area (Å²) in [7, 11) is 1.90. The van der Waals surface area contributed by atoms with Crippen molar-refractivity contribution in [1.29, 1.82) is 5.53 Å². The van der Waals surface area contributed by atoms with Gasteiger partial charge in [0.25, 0.3) is 0 Å². The summed E-state index contributed by atoms with van der Waals surface area (Å²) in [5.74, 6) is 1.73. The van der Waals surface area contributed by atoms with Crippen LogP contribution < -0.4 is 5.32 Å². The fourth-order valence-corrected chi connectivity index (χ4v) is 2.91. The highest BCUT2D eigenvalue weighted by Crippen LogP contribution is 2.53. The van der Waals surface area contributed by atoms with E-state index in [4.69, 9.17) is 5.53 Å². The highest BCUT2D eigenvalue weighted by molar-refractivity contribution is 5.16. The van der Waals surface area contributed by atoms with Crippen LogP contribution in [0.1, 0.15) is 25.7 Å². The normalized spacial score (nSPS) is 40.0. The molecular formula is C11H19N3O. The monoisotopic (exact) mass is 209 g/mol. The van der Waals surface area contributed by atoms with E-state index in [9.17, 15) is 5.11 Å². The summed E-state index contributed by atoms with van der Waals surface area (Å²) in [5, 5.41) is 16.0. The molecule has 1 fully saturated rings. The Kier molecular flexibility index (Phi) is 3.05. The number of aliphatic hydroxyl groups excluding tert-OH is 1. The van der Waals surface area contributed by atoms with Crippen LogP contribution in [0.3, 0.4) is 0 Å². The zero-order valence-corrected chi connectivity index (χ0v) is 9.16. The molecule has 0 aromatic carbocycles. The second-order valence-electron chi connectivity index (χ2n) is 4.56. The van der Waals surface area contributed by atoms with E-state index in [1.54, 1.807) is 0 Å². The Labute approximate surface area is 90.3 Å². The Balaban J connectivity index is 2.12. The van der Waals surface area contributed by atoms with Crippen molar-refractivity contribution in [2.45, 2.75) is 25.7 Å². The number of fused-ring (bicyclic) bond motifs is 1. The molecule has 2 aliphatic rings. The molecule has 2 rings (SSSR count). The maximum atomic E-state index is 9.19. The van der Waals surface area contributed by atoms with E-state index >= 15 is 0 Å². The molecule has 4 heteroatoms. The Morgan fingerprint density at radius 3 is 2.93 bits per heavy atom. The summed E-state index contributed by atoms with van der Waals surface area (Å²) in [5.41, 5.74) is 9.21. The molecule has 3 N–H and O–H groups in total. The molecule has 0 aromatic rings. The van der Waals surface area contributed by atoms with Crippen molar-refractivity contribution in [2.75, 3.05) is 13.7 Å². The number of nitrogens with zero attached hydrogens (tertiary/aromatic N) is 1. The van der Waals surface area contributed by atoms with Gasteiger partial charge >= 0.3 is 0 Å². The molecule has 3 atom stereocenters. The molecule has 84 valence electrons. The number of aliphatic hydroxyl groups is 1. The second kappa shape index (κ2) is 4.31. The molecule has 0 amide bonds. The predicted molar refractivity (Wildman–Crippen MR) is 57.3 cm³/mol. The molecule has 15 heavy (non-hydrogen) atoms. The van der Waals surface area contributed by atoms with Crippen LogP contribution in [0.15, 0.2) is 16.5 Å². The summed E-state index contributed by atoms with van der Waals surface area (Å²) in [4.78, 5) is 0. The minimum absolute atomic E-state index is 0.301. The van der Waals surface area contributed by atoms with Gasteiger partial charge < -0.3 is 10.4 Å². The second-order valence-corrected chi connectivity index (χ2v) is 4.56. The van der Waals surface area contributed by atoms with Gasteiger partial charge in [0.15, 0.2) is 0 Å². The lowest BCUT2D eigenvalue weighted by atomic mass is 10.0. The van der Waals surface area contributed by atoms with Crippen LogP contribution in [0, 0.1) is 23.3 Å². The molecule has 0 saturated heterocycles. The molecule has 0 unspecified atom stereocenters. The van der Waals surface area contributed by atoms with Gasteiger partial charge in [0.1, 0.15) is 0 Å². The van der Waals surface area contributed by atoms with Gasteiger partial charge in [-0.2, -0.15) is 5.11 Å². The van der Waals surface area contributed by atoms with Crippen molar-refractivity contribution >= 4 is 0 Å². The van der Waals surface area contributed by atoms with E-state index in [2.05, 4.69) is 10.4 Å². The molecule has 0 bridgehead atoms. The molecular weight excluding hydrogens is 190 g/mol. The zero-order valence-electron chi connectivity index (χ0n) is 9.16. The van der Waals surface area contributed by atoms with Crippen LogP contribution in [0.5, 0.6) is 0 Å². The minimum Gasteiger partial charge on any atom is -0.396 e. The molecule has 0 heterocycles. The third-order valence-corrected chi connectivity index (χ3v) is 3.90. The lowest BCUT2D eigenvalue weighted by Gasteiger charge is -2.13. The van der Waals surface area contributed by atoms with Crippen molar-refractivity contribution in [3.05, 3.63) is 11.4 Å². The standard InChI is InChI=1S/C11H19N3O/c1-13-10-4-2-3-7-8(9(7)6-15)5-11(10)14-12/h7-9,12-13,15H,2-6H2,1H3/b11-10-,14-12?/t7-,8+,9+/m1/s1. The van der Waals surface area contributed by atoms with E-state index in [0.717, 1.165) is 30.7 Å². The third-order valence-electron chi connectivity index (χ3n) is 3.90. The summed E-state index contributed by atoms with van der Waals surface area (Å²) in [6, 6.07) is 0. The van der Waals surface area contributed by atoms with Crippen LogP contribution in [-0.4, -0.2) is 18.8 Å². The van der Waals surface area contributed by atoms with Gasteiger partial charge in [-0.3, -0.25) is 0 Å². The first kappa shape index (κ1) is 10.6. The SMILES string of the molecule is CN/C1=C(\N=N)C[C@@H]2[C@@H](CO)[C@@H]2CCC1. The molecule has 0 spiro atoms. The lowest BCUT2D eigenvalue weighted by Crippen LogP contribution is -2.10. The molecule has 4 nitrogen and oxygen atoms in total. The van der Waals surface area contributed by atoms with Gasteiger partial charge in [0, 0.05) is 19.4 Å². The average molecular weight is 209 g/mol. The van der Waals surface area contributed by atoms with E-state index in [-0.39, 0.29) is 0 Å². The largest absolute Gasteiger partial charge is 0.396 e. The average Bonchev–Trinajstić information content (AvgIpc) is 2.89. The Morgan fingerprint density at radius 2 is 2.33 bits per heavy atom. The fraction of sp³-hybridized carbons (Fsp3) is 0.818. The fourth-order valence-electron chi connectivity index (χ4n) is 2.91. The van der Waals surface area contributed by atoms with Crippen LogP contribution in [0.4, 0.5) is 0 Å². The van der Waals surface area contributed by atoms with Crippen LogP contribution in [0.25, 0.3) is 0 Å². The minimum atomic E-state index is 0.301. The first-order chi connectivity index (χ1) is 7.31. The van der Waals surface area contributed by atoms with E-state index < -0.39 is 0 Å². The Morgan fingerprint density at radius 1 is 1.53 bits per heavy atom. The number of nitrogens with one attached hydrogen (secondary N) is 2. The summed E-state index contributed by atoms with van der Waals surface area (Å²) in [6.45, 7) is 0.301. The zero-order chi connectivity index (χ0) is 10.8. The summed E-state index contributed by atoms with van der Waals surface area (Å²) >= 11 is 0. The van der Waals surface area contributed by atoms with Crippen LogP contribution in [-0.2, 0) is 0 Å². The van der Waals surface area contributed by atoms with E-state index in [1.165, 1.54) is 6.42 Å². The smallest absolute Gasteiger partial charge is 0.0815 e. The molecule has 0 radical (unpaired) electrons. The van der Waals surface area contributed by atoms with Gasteiger partial charge in [-0.25, -0.2) is 5.53 Å². The van der Waals surface area contributed by atoms with Gasteiger partial charge in [-0.05, 0) is 43.4 Å². The summed E-state index contributed by atoms with van der Waals surface area (Å²) < 4.78 is 0. The van der Waals surface area contributed by atoms with Crippen LogP contribution in [0.2, 0.25) is 0 Å². The van der Waals surface area contributed by atoms with Crippen molar-refractivity contribution in [2.24, 2.45) is 22.9 Å². The first-order valence-corrected chi connectivity index (χ1v) is 5.70. The predicted octanol–water partition coefficient (Wildman–Crippen LogP) is 1.88. The van der Waals surface area contributed by atoms with Gasteiger partial charge in [-0.1, -0.05) is 0 Å². The maximum Gasteiger partial charge on any atom is 0.0815 e. The summed E-state index contributed by atoms with van der Waals surface area (Å²) in [6.07, 6.45) is 4.23. The molecule has 0 aliphatic heterocycles. The van der Waals surface area contributed by atoms with Crippen molar-refractivity contribution in [1.82, 2.24) is 5.32 Å². The maximum absolute atomic E-state index is 9.19. The molecule has 1 saturated carbocycles. The van der Waals surface area contributed by atoms with Crippen molar-refractivity contribution in [3.63, 3.8) is 0 Å². The quantitative estimate of drug-likeness (QED) is 0.621. The first-order valence-electron chi connectivity index (χ1n) is 5.70. The van der Waals surface area contributed by atoms with Gasteiger partial charge in [0.05, 0.1) is 5.70 Å². The van der Waals surface area contributed by atoms with Gasteiger partial charge in [0.2, 0.25) is 0 Å². The number of rotatable bonds is 3. The van der Waals surface area contributed by atoms with Crippen LogP contribution >= 0.6 is 0 Å². The van der Waals surface area contributed by atoms with Crippen molar-refractivity contribution in [3.8, 4) is 0 Å². The molecule has 2 aliphatic carbocycles. The number of allylic oxidation sites excluding steroid dienone is 2. The number of hydrogen-bond acceptors (Lipinski definition) is 4. The van der Waals surface area contributed by atoms with Gasteiger partial charge in [-0.15, -0.1) is 0 Å². The third kappa shape index (κ3) is 1.91. The lowest BCUT2D eigenvalue weighted by molar-refractivity contribution is 0.262. The Bertz CT molecular complexity index is 288. The highest BCUT2D eigenvalue weighted by atomic mass is 16.3. The van der Waals surface area contributed by atoms with E-state index in [1.807, 2.05) is 7.05 Å². The highest BCUT2D eigenvalue weighted by Gasteiger charge is 2.49. The molecule has 0 aromatic heterocycles. The van der Waals surface area contributed by atoms with Crippen molar-refractivity contribution < 1.29 is 5.11 Å².